The standard InChI is InChI=1S/C49H40N2/c1-49(2)45-31-37(50(35-15-4-3-5-16-35)36-25-23-34(24-26-36)40-20-12-14-33-13-6-7-17-39(33)40)27-29-41(45)42-30-28-38(32-46(42)49)51-47-21-10-8-18-43(47)44-19-9-11-22-48(44)51/h3-23,25-26,28,30-32,34H,24,27,29H2,1-2H3. The van der Waals surface area contributed by atoms with Crippen molar-refractivity contribution in [2.75, 3.05) is 4.90 Å². The van der Waals surface area contributed by atoms with E-state index >= 15 is 0 Å². The molecule has 51 heavy (non-hydrogen) atoms. The molecule has 2 nitrogen and oxygen atoms in total. The molecule has 0 aliphatic heterocycles. The van der Waals surface area contributed by atoms with E-state index in [4.69, 9.17) is 0 Å². The minimum Gasteiger partial charge on any atom is -0.315 e. The van der Waals surface area contributed by atoms with Gasteiger partial charge < -0.3 is 9.47 Å². The predicted molar refractivity (Wildman–Crippen MR) is 215 cm³/mol. The molecule has 0 saturated carbocycles. The fourth-order valence-corrected chi connectivity index (χ4v) is 9.16. The van der Waals surface area contributed by atoms with Crippen molar-refractivity contribution in [1.82, 2.24) is 4.57 Å². The molecule has 7 aromatic rings. The molecule has 2 heteroatoms. The van der Waals surface area contributed by atoms with E-state index in [-0.39, 0.29) is 5.41 Å². The minimum atomic E-state index is -0.121. The molecule has 0 fully saturated rings. The lowest BCUT2D eigenvalue weighted by atomic mass is 9.79. The average Bonchev–Trinajstić information content (AvgIpc) is 3.63. The summed E-state index contributed by atoms with van der Waals surface area (Å²) < 4.78 is 2.45. The van der Waals surface area contributed by atoms with Crippen LogP contribution in [-0.4, -0.2) is 4.57 Å². The number of benzene rings is 6. The number of aromatic nitrogens is 1. The van der Waals surface area contributed by atoms with Crippen LogP contribution >= 0.6 is 0 Å². The average molecular weight is 657 g/mol. The van der Waals surface area contributed by atoms with E-state index in [2.05, 4.69) is 187 Å². The number of hydrogen-bond donors (Lipinski definition) is 0. The lowest BCUT2D eigenvalue weighted by molar-refractivity contribution is 0.648. The first kappa shape index (κ1) is 30.0. The van der Waals surface area contributed by atoms with Crippen LogP contribution in [0.15, 0.2) is 181 Å². The minimum absolute atomic E-state index is 0.121. The molecule has 246 valence electrons. The lowest BCUT2D eigenvalue weighted by Crippen LogP contribution is -2.25. The summed E-state index contributed by atoms with van der Waals surface area (Å²) in [5.74, 6) is 0.360. The van der Waals surface area contributed by atoms with E-state index in [0.717, 1.165) is 19.3 Å². The maximum atomic E-state index is 2.53. The summed E-state index contributed by atoms with van der Waals surface area (Å²) in [4.78, 5) is 2.52. The molecule has 6 aromatic carbocycles. The Labute approximate surface area is 300 Å². The maximum absolute atomic E-state index is 2.53. The first-order valence-electron chi connectivity index (χ1n) is 18.4. The number of anilines is 1. The van der Waals surface area contributed by atoms with E-state index in [1.807, 2.05) is 0 Å². The monoisotopic (exact) mass is 656 g/mol. The van der Waals surface area contributed by atoms with Gasteiger partial charge in [0.25, 0.3) is 0 Å². The van der Waals surface area contributed by atoms with Crippen molar-refractivity contribution in [2.24, 2.45) is 0 Å². The summed E-state index contributed by atoms with van der Waals surface area (Å²) >= 11 is 0. The summed E-state index contributed by atoms with van der Waals surface area (Å²) in [5.41, 5.74) is 14.7. The van der Waals surface area contributed by atoms with Crippen LogP contribution in [0.2, 0.25) is 0 Å². The molecule has 0 bridgehead atoms. The van der Waals surface area contributed by atoms with Crippen molar-refractivity contribution in [3.05, 3.63) is 197 Å². The highest BCUT2D eigenvalue weighted by Gasteiger charge is 2.39. The fraction of sp³-hybridized carbons (Fsp3) is 0.143. The molecule has 0 saturated heterocycles. The van der Waals surface area contributed by atoms with E-state index in [1.165, 1.54) is 83.2 Å². The zero-order chi connectivity index (χ0) is 34.1. The van der Waals surface area contributed by atoms with Crippen molar-refractivity contribution in [1.29, 1.82) is 0 Å². The third-order valence-corrected chi connectivity index (χ3v) is 11.6. The van der Waals surface area contributed by atoms with Gasteiger partial charge >= 0.3 is 0 Å². The third kappa shape index (κ3) is 4.70. The Morgan fingerprint density at radius 3 is 2.10 bits per heavy atom. The second-order valence-corrected chi connectivity index (χ2v) is 14.8. The number of para-hydroxylation sites is 3. The smallest absolute Gasteiger partial charge is 0.0541 e. The Bertz CT molecular complexity index is 2580. The maximum Gasteiger partial charge on any atom is 0.0541 e. The van der Waals surface area contributed by atoms with Gasteiger partial charge in [0.1, 0.15) is 0 Å². The molecule has 0 radical (unpaired) electrons. The van der Waals surface area contributed by atoms with Crippen LogP contribution in [0.3, 0.4) is 0 Å². The van der Waals surface area contributed by atoms with E-state index in [9.17, 15) is 0 Å². The zero-order valence-corrected chi connectivity index (χ0v) is 29.2. The Hall–Kier alpha value is -5.86. The molecular formula is C49H40N2. The van der Waals surface area contributed by atoms with Gasteiger partial charge in [-0.25, -0.2) is 0 Å². The van der Waals surface area contributed by atoms with Gasteiger partial charge in [-0.3, -0.25) is 0 Å². The largest absolute Gasteiger partial charge is 0.315 e. The third-order valence-electron chi connectivity index (χ3n) is 11.6. The van der Waals surface area contributed by atoms with Crippen LogP contribution in [0.4, 0.5) is 5.69 Å². The fourth-order valence-electron chi connectivity index (χ4n) is 9.16. The Balaban J connectivity index is 1.02. The Kier molecular flexibility index (Phi) is 6.83. The van der Waals surface area contributed by atoms with Crippen molar-refractivity contribution in [3.63, 3.8) is 0 Å². The van der Waals surface area contributed by atoms with Crippen LogP contribution in [0.5, 0.6) is 0 Å². The van der Waals surface area contributed by atoms with Gasteiger partial charge in [0.2, 0.25) is 0 Å². The quantitative estimate of drug-likeness (QED) is 0.179. The van der Waals surface area contributed by atoms with Gasteiger partial charge in [0, 0.05) is 44.9 Å². The molecule has 10 rings (SSSR count). The molecule has 0 amide bonds. The molecule has 1 atom stereocenters. The summed E-state index contributed by atoms with van der Waals surface area (Å²) in [5, 5.41) is 5.26. The number of fused-ring (bicyclic) bond motifs is 6. The number of rotatable bonds is 5. The molecule has 0 spiro atoms. The predicted octanol–water partition coefficient (Wildman–Crippen LogP) is 12.8. The summed E-state index contributed by atoms with van der Waals surface area (Å²) in [6.07, 6.45) is 12.8. The summed E-state index contributed by atoms with van der Waals surface area (Å²) in [7, 11) is 0. The van der Waals surface area contributed by atoms with Crippen LogP contribution < -0.4 is 4.90 Å². The van der Waals surface area contributed by atoms with Crippen LogP contribution in [0.25, 0.3) is 43.8 Å². The molecule has 1 heterocycles. The van der Waals surface area contributed by atoms with Crippen LogP contribution in [0.1, 0.15) is 55.7 Å². The topological polar surface area (TPSA) is 8.17 Å². The van der Waals surface area contributed by atoms with Crippen molar-refractivity contribution < 1.29 is 0 Å². The highest BCUT2D eigenvalue weighted by Crippen LogP contribution is 2.52. The zero-order valence-electron chi connectivity index (χ0n) is 29.2. The van der Waals surface area contributed by atoms with Crippen LogP contribution in [0, 0.1) is 0 Å². The van der Waals surface area contributed by atoms with Crippen LogP contribution in [-0.2, 0) is 5.41 Å². The summed E-state index contributed by atoms with van der Waals surface area (Å²) in [6.45, 7) is 4.84. The second-order valence-electron chi connectivity index (χ2n) is 14.8. The first-order valence-corrected chi connectivity index (χ1v) is 18.4. The molecule has 0 N–H and O–H groups in total. The van der Waals surface area contributed by atoms with Crippen molar-refractivity contribution >= 4 is 43.8 Å². The first-order chi connectivity index (χ1) is 25.1. The van der Waals surface area contributed by atoms with Gasteiger partial charge in [-0.1, -0.05) is 129 Å². The van der Waals surface area contributed by atoms with Crippen molar-refractivity contribution in [3.8, 4) is 5.69 Å². The van der Waals surface area contributed by atoms with Gasteiger partial charge in [-0.05, 0) is 106 Å². The molecule has 3 aliphatic rings. The highest BCUT2D eigenvalue weighted by atomic mass is 15.2. The number of hydrogen-bond acceptors (Lipinski definition) is 1. The van der Waals surface area contributed by atoms with Gasteiger partial charge in [-0.15, -0.1) is 0 Å². The number of nitrogens with zero attached hydrogens (tertiary/aromatic N) is 2. The van der Waals surface area contributed by atoms with Gasteiger partial charge in [0.05, 0.1) is 11.0 Å². The van der Waals surface area contributed by atoms with E-state index < -0.39 is 0 Å². The van der Waals surface area contributed by atoms with E-state index in [1.54, 1.807) is 0 Å². The number of allylic oxidation sites excluding steroid dienone is 7. The molecule has 1 unspecified atom stereocenters. The molecule has 1 aromatic heterocycles. The second kappa shape index (κ2) is 11.6. The lowest BCUT2D eigenvalue weighted by Gasteiger charge is -2.34. The molecular weight excluding hydrogens is 617 g/mol. The Morgan fingerprint density at radius 1 is 0.667 bits per heavy atom. The SMILES string of the molecule is CC1(C)C2=C(CCC(N(C3=CCC(c4cccc5ccccc45)C=C3)c3ccccc3)=C2)c2ccc(-n3c4ccccc4c4ccccc43)cc21. The highest BCUT2D eigenvalue weighted by molar-refractivity contribution is 6.09. The van der Waals surface area contributed by atoms with Crippen molar-refractivity contribution in [2.45, 2.75) is 44.4 Å². The van der Waals surface area contributed by atoms with Gasteiger partial charge in [-0.2, -0.15) is 0 Å². The van der Waals surface area contributed by atoms with E-state index in [0.29, 0.717) is 5.92 Å². The Morgan fingerprint density at radius 2 is 1.35 bits per heavy atom. The summed E-state index contributed by atoms with van der Waals surface area (Å²) in [6, 6.07) is 51.2. The van der Waals surface area contributed by atoms with Gasteiger partial charge in [0.15, 0.2) is 0 Å². The molecule has 3 aliphatic carbocycles. The normalized spacial score (nSPS) is 17.8.